The summed E-state index contributed by atoms with van der Waals surface area (Å²) in [5, 5.41) is 0. The molecule has 186 valence electrons. The van der Waals surface area contributed by atoms with E-state index in [1.54, 1.807) is 6.42 Å². The van der Waals surface area contributed by atoms with E-state index in [4.69, 9.17) is 0 Å². The minimum atomic E-state index is 0.818. The summed E-state index contributed by atoms with van der Waals surface area (Å²) in [6, 6.07) is 0.818. The van der Waals surface area contributed by atoms with E-state index in [0.29, 0.717) is 0 Å². The molecule has 1 nitrogen and oxygen atoms in total. The van der Waals surface area contributed by atoms with Crippen LogP contribution in [0.1, 0.15) is 156 Å². The van der Waals surface area contributed by atoms with E-state index in [-0.39, 0.29) is 0 Å². The normalized spacial score (nSPS) is 20.3. The highest BCUT2D eigenvalue weighted by Gasteiger charge is 2.39. The summed E-state index contributed by atoms with van der Waals surface area (Å²) >= 11 is 0. The lowest BCUT2D eigenvalue weighted by atomic mass is 9.94. The Kier molecular flexibility index (Phi) is 18.2. The zero-order chi connectivity index (χ0) is 22.7. The van der Waals surface area contributed by atoms with Crippen LogP contribution in [0.25, 0.3) is 0 Å². The Morgan fingerprint density at radius 1 is 0.613 bits per heavy atom. The first-order valence-electron chi connectivity index (χ1n) is 14.8. The van der Waals surface area contributed by atoms with Crippen LogP contribution in [0.5, 0.6) is 0 Å². The van der Waals surface area contributed by atoms with Crippen LogP contribution in [0.15, 0.2) is 0 Å². The van der Waals surface area contributed by atoms with Crippen molar-refractivity contribution in [2.45, 2.75) is 162 Å². The second-order valence-corrected chi connectivity index (χ2v) is 11.4. The van der Waals surface area contributed by atoms with Crippen LogP contribution in [0, 0.1) is 17.8 Å². The van der Waals surface area contributed by atoms with Crippen molar-refractivity contribution < 1.29 is 0 Å². The maximum atomic E-state index is 2.55. The summed E-state index contributed by atoms with van der Waals surface area (Å²) in [5.74, 6) is 3.17. The number of unbranched alkanes of at least 4 members (excludes halogenated alkanes) is 13. The molecule has 0 aromatic carbocycles. The molecule has 1 fully saturated rings. The molecule has 0 radical (unpaired) electrons. The molecular weight excluding hydrogens is 374 g/mol. The largest absolute Gasteiger partial charge is 0.306 e. The molecule has 1 aliphatic carbocycles. The molecule has 1 heteroatoms. The van der Waals surface area contributed by atoms with E-state index in [2.05, 4.69) is 39.8 Å². The molecule has 4 atom stereocenters. The van der Waals surface area contributed by atoms with Crippen molar-refractivity contribution >= 4 is 0 Å². The molecule has 0 spiro atoms. The van der Waals surface area contributed by atoms with Crippen LogP contribution in [0.2, 0.25) is 0 Å². The van der Waals surface area contributed by atoms with Gasteiger partial charge in [-0.15, -0.1) is 0 Å². The van der Waals surface area contributed by atoms with Gasteiger partial charge in [-0.25, -0.2) is 0 Å². The lowest BCUT2D eigenvalue weighted by molar-refractivity contribution is 0.250. The molecule has 0 amide bonds. The minimum Gasteiger partial charge on any atom is -0.306 e. The molecule has 0 aromatic heterocycles. The van der Waals surface area contributed by atoms with Gasteiger partial charge in [0.25, 0.3) is 0 Å². The van der Waals surface area contributed by atoms with E-state index in [9.17, 15) is 0 Å². The van der Waals surface area contributed by atoms with Crippen molar-refractivity contribution in [1.29, 1.82) is 0 Å². The van der Waals surface area contributed by atoms with Gasteiger partial charge >= 0.3 is 0 Å². The molecule has 0 bridgehead atoms. The zero-order valence-electron chi connectivity index (χ0n) is 22.6. The molecule has 0 aliphatic heterocycles. The minimum absolute atomic E-state index is 0.818. The van der Waals surface area contributed by atoms with Crippen molar-refractivity contribution in [3.05, 3.63) is 0 Å². The second-order valence-electron chi connectivity index (χ2n) is 11.4. The van der Waals surface area contributed by atoms with E-state index in [0.717, 1.165) is 23.8 Å². The highest BCUT2D eigenvalue weighted by atomic mass is 15.1. The fourth-order valence-electron chi connectivity index (χ4n) is 5.72. The summed E-state index contributed by atoms with van der Waals surface area (Å²) < 4.78 is 0. The van der Waals surface area contributed by atoms with Crippen molar-refractivity contribution in [3.63, 3.8) is 0 Å². The standard InChI is InChI=1S/C30H61N/c1-6-8-10-12-14-16-20-24-29(31(4)5)25-21-17-18-22-27(3)30-26-28(30)23-19-15-13-11-9-7-2/h27-30H,6-26H2,1-5H3/t27?,28-,29?,30+/m1/s1. The third kappa shape index (κ3) is 15.4. The molecule has 1 rings (SSSR count). The van der Waals surface area contributed by atoms with E-state index in [1.165, 1.54) is 128 Å². The topological polar surface area (TPSA) is 3.24 Å². The van der Waals surface area contributed by atoms with Crippen LogP contribution >= 0.6 is 0 Å². The van der Waals surface area contributed by atoms with Crippen LogP contribution in [0.4, 0.5) is 0 Å². The van der Waals surface area contributed by atoms with Crippen LogP contribution in [0.3, 0.4) is 0 Å². The number of hydrogen-bond acceptors (Lipinski definition) is 1. The molecule has 0 N–H and O–H groups in total. The average Bonchev–Trinajstić information content (AvgIpc) is 3.53. The Balaban J connectivity index is 1.98. The molecule has 31 heavy (non-hydrogen) atoms. The molecule has 2 unspecified atom stereocenters. The van der Waals surface area contributed by atoms with E-state index in [1.807, 2.05) is 0 Å². The highest BCUT2D eigenvalue weighted by molar-refractivity contribution is 4.89. The van der Waals surface area contributed by atoms with Gasteiger partial charge in [0.2, 0.25) is 0 Å². The predicted molar refractivity (Wildman–Crippen MR) is 142 cm³/mol. The van der Waals surface area contributed by atoms with Gasteiger partial charge < -0.3 is 4.90 Å². The fourth-order valence-corrected chi connectivity index (χ4v) is 5.72. The first-order valence-corrected chi connectivity index (χ1v) is 14.8. The van der Waals surface area contributed by atoms with Crippen LogP contribution in [-0.4, -0.2) is 25.0 Å². The van der Waals surface area contributed by atoms with E-state index >= 15 is 0 Å². The van der Waals surface area contributed by atoms with Gasteiger partial charge in [0.1, 0.15) is 0 Å². The van der Waals surface area contributed by atoms with Gasteiger partial charge in [0.05, 0.1) is 0 Å². The van der Waals surface area contributed by atoms with Crippen LogP contribution < -0.4 is 0 Å². The molecular formula is C30H61N. The monoisotopic (exact) mass is 435 g/mol. The third-order valence-electron chi connectivity index (χ3n) is 8.20. The van der Waals surface area contributed by atoms with Gasteiger partial charge in [0.15, 0.2) is 0 Å². The number of hydrogen-bond donors (Lipinski definition) is 0. The summed E-state index contributed by atoms with van der Waals surface area (Å²) in [5.41, 5.74) is 0. The molecule has 1 aliphatic rings. The smallest absolute Gasteiger partial charge is 0.00891 e. The SMILES string of the molecule is CCCCCCCCCC(CCCCCC(C)[C@@H]1C[C@H]1CCCCCCCC)N(C)C. The second kappa shape index (κ2) is 19.4. The van der Waals surface area contributed by atoms with Crippen molar-refractivity contribution in [2.24, 2.45) is 17.8 Å². The predicted octanol–water partition coefficient (Wildman–Crippen LogP) is 10.0. The van der Waals surface area contributed by atoms with Gasteiger partial charge in [-0.05, 0) is 51.1 Å². The van der Waals surface area contributed by atoms with Crippen molar-refractivity contribution in [3.8, 4) is 0 Å². The average molecular weight is 436 g/mol. The summed E-state index contributed by atoms with van der Waals surface area (Å²) in [6.45, 7) is 7.17. The first kappa shape index (κ1) is 29.0. The van der Waals surface area contributed by atoms with Gasteiger partial charge in [0, 0.05) is 6.04 Å². The Bertz CT molecular complexity index is 377. The summed E-state index contributed by atoms with van der Waals surface area (Å²) in [7, 11) is 4.59. The van der Waals surface area contributed by atoms with E-state index < -0.39 is 0 Å². The van der Waals surface area contributed by atoms with Crippen molar-refractivity contribution in [1.82, 2.24) is 4.90 Å². The molecule has 1 saturated carbocycles. The Labute approximate surface area is 198 Å². The van der Waals surface area contributed by atoms with Crippen LogP contribution in [-0.2, 0) is 0 Å². The lowest BCUT2D eigenvalue weighted by Gasteiger charge is -2.24. The highest BCUT2D eigenvalue weighted by Crippen LogP contribution is 2.48. The molecule has 0 aromatic rings. The molecule has 0 heterocycles. The quantitative estimate of drug-likeness (QED) is 0.144. The Hall–Kier alpha value is -0.0400. The maximum Gasteiger partial charge on any atom is 0.00891 e. The first-order chi connectivity index (χ1) is 15.1. The Morgan fingerprint density at radius 3 is 1.61 bits per heavy atom. The third-order valence-corrected chi connectivity index (χ3v) is 8.20. The molecule has 0 saturated heterocycles. The van der Waals surface area contributed by atoms with Gasteiger partial charge in [-0.3, -0.25) is 0 Å². The number of nitrogens with zero attached hydrogens (tertiary/aromatic N) is 1. The van der Waals surface area contributed by atoms with Crippen molar-refractivity contribution in [2.75, 3.05) is 14.1 Å². The summed E-state index contributed by atoms with van der Waals surface area (Å²) in [4.78, 5) is 2.50. The van der Waals surface area contributed by atoms with Gasteiger partial charge in [-0.1, -0.05) is 136 Å². The summed E-state index contributed by atoms with van der Waals surface area (Å²) in [6.07, 6.45) is 30.6. The Morgan fingerprint density at radius 2 is 1.06 bits per heavy atom. The fraction of sp³-hybridized carbons (Fsp3) is 1.00. The maximum absolute atomic E-state index is 2.55. The zero-order valence-corrected chi connectivity index (χ0v) is 22.6. The van der Waals surface area contributed by atoms with Gasteiger partial charge in [-0.2, -0.15) is 0 Å². The lowest BCUT2D eigenvalue weighted by Crippen LogP contribution is -2.27. The number of rotatable bonds is 23.